The maximum Gasteiger partial charge on any atom is 0.225 e. The highest BCUT2D eigenvalue weighted by molar-refractivity contribution is 5.77. The van der Waals surface area contributed by atoms with Crippen molar-refractivity contribution in [3.63, 3.8) is 0 Å². The fraction of sp³-hybridized carbons (Fsp3) is 0.933. The normalized spacial score (nSPS) is 35.6. The number of methoxy groups -OCH3 is 1. The van der Waals surface area contributed by atoms with Crippen LogP contribution in [-0.4, -0.2) is 47.8 Å². The van der Waals surface area contributed by atoms with Crippen molar-refractivity contribution >= 4 is 5.91 Å². The predicted octanol–water partition coefficient (Wildman–Crippen LogP) is 1.96. The van der Waals surface area contributed by atoms with E-state index in [2.05, 4.69) is 0 Å². The first kappa shape index (κ1) is 14.8. The molecule has 110 valence electrons. The number of hydrogen-bond donors (Lipinski definition) is 1. The van der Waals surface area contributed by atoms with Gasteiger partial charge in [0, 0.05) is 25.6 Å². The van der Waals surface area contributed by atoms with Gasteiger partial charge >= 0.3 is 0 Å². The topological polar surface area (TPSA) is 49.8 Å². The summed E-state index contributed by atoms with van der Waals surface area (Å²) in [6.07, 6.45) is 6.77. The van der Waals surface area contributed by atoms with Crippen LogP contribution < -0.4 is 0 Å². The standard InChI is InChI=1S/C15H27NO3/c1-15(18)9-4-3-6-12(15)13-7-5-10-16(13)14(17)8-11-19-2/h12-13,18H,3-11H2,1-2H3/t12-,13-,15-/m1/s1. The molecule has 3 atom stereocenters. The van der Waals surface area contributed by atoms with Crippen LogP contribution in [0.2, 0.25) is 0 Å². The Labute approximate surface area is 116 Å². The van der Waals surface area contributed by atoms with Gasteiger partial charge in [0.1, 0.15) is 0 Å². The maximum absolute atomic E-state index is 12.2. The lowest BCUT2D eigenvalue weighted by atomic mass is 9.72. The molecule has 1 N–H and O–H groups in total. The van der Waals surface area contributed by atoms with E-state index in [1.54, 1.807) is 7.11 Å². The lowest BCUT2D eigenvalue weighted by Crippen LogP contribution is -2.50. The van der Waals surface area contributed by atoms with E-state index >= 15 is 0 Å². The number of aliphatic hydroxyl groups is 1. The van der Waals surface area contributed by atoms with Crippen molar-refractivity contribution in [3.05, 3.63) is 0 Å². The molecule has 1 aliphatic heterocycles. The second-order valence-corrected chi connectivity index (χ2v) is 6.25. The number of carbonyl (C=O) groups is 1. The summed E-state index contributed by atoms with van der Waals surface area (Å²) in [4.78, 5) is 14.2. The minimum atomic E-state index is -0.604. The molecule has 1 heterocycles. The van der Waals surface area contributed by atoms with Crippen LogP contribution in [0.15, 0.2) is 0 Å². The lowest BCUT2D eigenvalue weighted by molar-refractivity contribution is -0.137. The summed E-state index contributed by atoms with van der Waals surface area (Å²) in [6.45, 7) is 3.29. The van der Waals surface area contributed by atoms with Crippen LogP contribution in [0.25, 0.3) is 0 Å². The van der Waals surface area contributed by atoms with E-state index in [4.69, 9.17) is 4.74 Å². The number of carbonyl (C=O) groups excluding carboxylic acids is 1. The van der Waals surface area contributed by atoms with Gasteiger partial charge in [-0.05, 0) is 32.6 Å². The number of rotatable bonds is 4. The molecule has 2 fully saturated rings. The highest BCUT2D eigenvalue weighted by Gasteiger charge is 2.44. The number of amides is 1. The Hall–Kier alpha value is -0.610. The molecular formula is C15H27NO3. The molecular weight excluding hydrogens is 242 g/mol. The first-order valence-electron chi connectivity index (χ1n) is 7.57. The summed E-state index contributed by atoms with van der Waals surface area (Å²) in [5.41, 5.74) is -0.604. The monoisotopic (exact) mass is 269 g/mol. The molecule has 2 aliphatic rings. The van der Waals surface area contributed by atoms with Crippen LogP contribution >= 0.6 is 0 Å². The Morgan fingerprint density at radius 3 is 2.84 bits per heavy atom. The van der Waals surface area contributed by atoms with Gasteiger partial charge in [-0.2, -0.15) is 0 Å². The molecule has 2 rings (SSSR count). The molecule has 1 aliphatic carbocycles. The summed E-state index contributed by atoms with van der Waals surface area (Å²) >= 11 is 0. The third-order valence-electron chi connectivity index (χ3n) is 4.85. The van der Waals surface area contributed by atoms with E-state index in [0.29, 0.717) is 13.0 Å². The molecule has 0 aromatic rings. The number of ether oxygens (including phenoxy) is 1. The largest absolute Gasteiger partial charge is 0.390 e. The van der Waals surface area contributed by atoms with Gasteiger partial charge in [0.2, 0.25) is 5.91 Å². The average Bonchev–Trinajstić information content (AvgIpc) is 2.84. The zero-order chi connectivity index (χ0) is 13.9. The van der Waals surface area contributed by atoms with Crippen LogP contribution in [0.4, 0.5) is 0 Å². The van der Waals surface area contributed by atoms with E-state index in [9.17, 15) is 9.90 Å². The van der Waals surface area contributed by atoms with Gasteiger partial charge in [-0.1, -0.05) is 12.8 Å². The van der Waals surface area contributed by atoms with Crippen molar-refractivity contribution in [3.8, 4) is 0 Å². The first-order valence-corrected chi connectivity index (χ1v) is 7.57. The van der Waals surface area contributed by atoms with Gasteiger partial charge in [0.05, 0.1) is 18.6 Å². The zero-order valence-corrected chi connectivity index (χ0v) is 12.2. The summed E-state index contributed by atoms with van der Waals surface area (Å²) < 4.78 is 5.00. The Bertz CT molecular complexity index is 317. The second kappa shape index (κ2) is 6.23. The van der Waals surface area contributed by atoms with Crippen LogP contribution in [0.3, 0.4) is 0 Å². The molecule has 0 radical (unpaired) electrons. The summed E-state index contributed by atoms with van der Waals surface area (Å²) in [6, 6.07) is 0.236. The van der Waals surface area contributed by atoms with Crippen LogP contribution in [-0.2, 0) is 9.53 Å². The minimum Gasteiger partial charge on any atom is -0.390 e. The van der Waals surface area contributed by atoms with Crippen LogP contribution in [0, 0.1) is 5.92 Å². The highest BCUT2D eigenvalue weighted by Crippen LogP contribution is 2.40. The fourth-order valence-corrected chi connectivity index (χ4v) is 3.80. The van der Waals surface area contributed by atoms with Crippen molar-refractivity contribution in [2.75, 3.05) is 20.3 Å². The molecule has 1 saturated heterocycles. The second-order valence-electron chi connectivity index (χ2n) is 6.25. The zero-order valence-electron chi connectivity index (χ0n) is 12.2. The third-order valence-corrected chi connectivity index (χ3v) is 4.85. The number of nitrogens with zero attached hydrogens (tertiary/aromatic N) is 1. The lowest BCUT2D eigenvalue weighted by Gasteiger charge is -2.43. The quantitative estimate of drug-likeness (QED) is 0.848. The van der Waals surface area contributed by atoms with Crippen molar-refractivity contribution in [1.29, 1.82) is 0 Å². The Morgan fingerprint density at radius 1 is 1.37 bits per heavy atom. The van der Waals surface area contributed by atoms with E-state index < -0.39 is 5.60 Å². The molecule has 4 heteroatoms. The molecule has 1 saturated carbocycles. The van der Waals surface area contributed by atoms with Crippen LogP contribution in [0.5, 0.6) is 0 Å². The van der Waals surface area contributed by atoms with E-state index in [1.165, 1.54) is 6.42 Å². The summed E-state index contributed by atoms with van der Waals surface area (Å²) in [7, 11) is 1.63. The highest BCUT2D eigenvalue weighted by atomic mass is 16.5. The van der Waals surface area contributed by atoms with E-state index in [0.717, 1.165) is 38.6 Å². The fourth-order valence-electron chi connectivity index (χ4n) is 3.80. The van der Waals surface area contributed by atoms with E-state index in [-0.39, 0.29) is 17.9 Å². The number of hydrogen-bond acceptors (Lipinski definition) is 3. The van der Waals surface area contributed by atoms with Gasteiger partial charge in [0.15, 0.2) is 0 Å². The van der Waals surface area contributed by atoms with Crippen molar-refractivity contribution in [2.45, 2.75) is 63.5 Å². The number of likely N-dealkylation sites (tertiary alicyclic amines) is 1. The average molecular weight is 269 g/mol. The molecule has 19 heavy (non-hydrogen) atoms. The van der Waals surface area contributed by atoms with Crippen molar-refractivity contribution in [2.24, 2.45) is 5.92 Å². The first-order chi connectivity index (χ1) is 9.06. The molecule has 0 spiro atoms. The Balaban J connectivity index is 2.03. The molecule has 1 amide bonds. The molecule has 4 nitrogen and oxygen atoms in total. The smallest absolute Gasteiger partial charge is 0.225 e. The molecule has 0 unspecified atom stereocenters. The van der Waals surface area contributed by atoms with Crippen molar-refractivity contribution in [1.82, 2.24) is 4.90 Å². The summed E-state index contributed by atoms with van der Waals surface area (Å²) in [5.74, 6) is 0.431. The van der Waals surface area contributed by atoms with Gasteiger partial charge in [-0.3, -0.25) is 4.79 Å². The molecule has 0 aromatic heterocycles. The Kier molecular flexibility index (Phi) is 4.85. The molecule has 0 aromatic carbocycles. The van der Waals surface area contributed by atoms with Crippen LogP contribution in [0.1, 0.15) is 51.9 Å². The maximum atomic E-state index is 12.2. The molecule has 0 bridgehead atoms. The van der Waals surface area contributed by atoms with Gasteiger partial charge < -0.3 is 14.7 Å². The predicted molar refractivity (Wildman–Crippen MR) is 73.8 cm³/mol. The minimum absolute atomic E-state index is 0.186. The van der Waals surface area contributed by atoms with Gasteiger partial charge in [-0.15, -0.1) is 0 Å². The Morgan fingerprint density at radius 2 is 2.16 bits per heavy atom. The van der Waals surface area contributed by atoms with Gasteiger partial charge in [0.25, 0.3) is 0 Å². The van der Waals surface area contributed by atoms with Crippen molar-refractivity contribution < 1.29 is 14.6 Å². The van der Waals surface area contributed by atoms with Gasteiger partial charge in [-0.25, -0.2) is 0 Å². The summed E-state index contributed by atoms with van der Waals surface area (Å²) in [5, 5.41) is 10.6. The van der Waals surface area contributed by atoms with E-state index in [1.807, 2.05) is 11.8 Å². The SMILES string of the molecule is COCCC(=O)N1CCC[C@@H]1[C@H]1CCCC[C@@]1(C)O. The third kappa shape index (κ3) is 3.29.